The van der Waals surface area contributed by atoms with Gasteiger partial charge < -0.3 is 5.32 Å². The molecule has 4 rings (SSSR count). The molecule has 0 radical (unpaired) electrons. The van der Waals surface area contributed by atoms with E-state index >= 15 is 0 Å². The lowest BCUT2D eigenvalue weighted by Gasteiger charge is -2.25. The SMILES string of the molecule is Cc1ccc(-c2nn(C)c(=O)c3ccccc23)cc1CNC(=O)CN1CCCCC1. The number of aryl methyl sites for hydroxylation is 2. The summed E-state index contributed by atoms with van der Waals surface area (Å²) < 4.78 is 1.39. The maximum atomic E-state index is 12.4. The Labute approximate surface area is 176 Å². The Balaban J connectivity index is 1.57. The number of amides is 1. The van der Waals surface area contributed by atoms with Gasteiger partial charge in [-0.3, -0.25) is 14.5 Å². The molecule has 1 aromatic heterocycles. The minimum absolute atomic E-state index is 0.0624. The number of likely N-dealkylation sites (tertiary alicyclic amines) is 1. The van der Waals surface area contributed by atoms with Gasteiger partial charge in [0.2, 0.25) is 5.91 Å². The summed E-state index contributed by atoms with van der Waals surface area (Å²) in [7, 11) is 1.67. The fourth-order valence-corrected chi connectivity index (χ4v) is 4.09. The first-order valence-corrected chi connectivity index (χ1v) is 10.6. The maximum absolute atomic E-state index is 12.4. The number of piperidine rings is 1. The summed E-state index contributed by atoms with van der Waals surface area (Å²) in [5.74, 6) is 0.0624. The molecular weight excluding hydrogens is 376 g/mol. The van der Waals surface area contributed by atoms with Gasteiger partial charge in [0.15, 0.2) is 0 Å². The van der Waals surface area contributed by atoms with E-state index in [1.807, 2.05) is 43.3 Å². The number of carbonyl (C=O) groups is 1. The van der Waals surface area contributed by atoms with Crippen LogP contribution < -0.4 is 10.9 Å². The summed E-state index contributed by atoms with van der Waals surface area (Å²) in [4.78, 5) is 27.1. The Kier molecular flexibility index (Phi) is 5.95. The average Bonchev–Trinajstić information content (AvgIpc) is 2.76. The second kappa shape index (κ2) is 8.79. The first kappa shape index (κ1) is 20.3. The second-order valence-corrected chi connectivity index (χ2v) is 8.08. The number of hydrogen-bond acceptors (Lipinski definition) is 4. The van der Waals surface area contributed by atoms with Crippen LogP contribution >= 0.6 is 0 Å². The number of nitrogens with zero attached hydrogens (tertiary/aromatic N) is 3. The highest BCUT2D eigenvalue weighted by molar-refractivity contribution is 5.93. The highest BCUT2D eigenvalue weighted by Gasteiger charge is 2.15. The first-order valence-electron chi connectivity index (χ1n) is 10.6. The summed E-state index contributed by atoms with van der Waals surface area (Å²) in [6.45, 7) is 5.00. The van der Waals surface area contributed by atoms with Crippen LogP contribution in [0.5, 0.6) is 0 Å². The molecule has 0 atom stereocenters. The van der Waals surface area contributed by atoms with Crippen molar-refractivity contribution in [1.29, 1.82) is 0 Å². The molecule has 2 aromatic carbocycles. The molecule has 6 heteroatoms. The lowest BCUT2D eigenvalue weighted by atomic mass is 10.00. The Morgan fingerprint density at radius 2 is 1.80 bits per heavy atom. The van der Waals surface area contributed by atoms with Crippen LogP contribution in [0.3, 0.4) is 0 Å². The van der Waals surface area contributed by atoms with E-state index in [1.165, 1.54) is 23.9 Å². The van der Waals surface area contributed by atoms with Crippen molar-refractivity contribution < 1.29 is 4.79 Å². The molecule has 1 aliphatic rings. The maximum Gasteiger partial charge on any atom is 0.274 e. The van der Waals surface area contributed by atoms with E-state index in [-0.39, 0.29) is 11.5 Å². The molecule has 0 aliphatic carbocycles. The summed E-state index contributed by atoms with van der Waals surface area (Å²) in [5.41, 5.74) is 3.78. The molecule has 1 N–H and O–H groups in total. The number of fused-ring (bicyclic) bond motifs is 1. The van der Waals surface area contributed by atoms with Gasteiger partial charge in [-0.05, 0) is 56.1 Å². The molecule has 1 amide bonds. The van der Waals surface area contributed by atoms with Crippen LogP contribution in [-0.2, 0) is 18.4 Å². The minimum Gasteiger partial charge on any atom is -0.351 e. The minimum atomic E-state index is -0.105. The zero-order chi connectivity index (χ0) is 21.1. The van der Waals surface area contributed by atoms with Crippen molar-refractivity contribution >= 4 is 16.7 Å². The standard InChI is InChI=1S/C24H28N4O2/c1-17-10-11-18(23-20-8-4-5-9-21(20)24(30)27(2)26-23)14-19(17)15-25-22(29)16-28-12-6-3-7-13-28/h4-5,8-11,14H,3,6-7,12-13,15-16H2,1-2H3,(H,25,29). The van der Waals surface area contributed by atoms with Crippen LogP contribution in [0, 0.1) is 6.92 Å². The zero-order valence-corrected chi connectivity index (χ0v) is 17.6. The normalized spacial score (nSPS) is 14.7. The van der Waals surface area contributed by atoms with Crippen molar-refractivity contribution in [2.45, 2.75) is 32.7 Å². The molecule has 6 nitrogen and oxygen atoms in total. The molecule has 0 saturated carbocycles. The summed E-state index contributed by atoms with van der Waals surface area (Å²) in [6.07, 6.45) is 3.61. The van der Waals surface area contributed by atoms with Gasteiger partial charge in [0.1, 0.15) is 0 Å². The number of carbonyl (C=O) groups excluding carboxylic acids is 1. The first-order chi connectivity index (χ1) is 14.5. The Morgan fingerprint density at radius 1 is 1.07 bits per heavy atom. The zero-order valence-electron chi connectivity index (χ0n) is 17.6. The smallest absolute Gasteiger partial charge is 0.274 e. The highest BCUT2D eigenvalue weighted by Crippen LogP contribution is 2.26. The molecule has 1 fully saturated rings. The van der Waals surface area contributed by atoms with E-state index < -0.39 is 0 Å². The van der Waals surface area contributed by atoms with Crippen molar-refractivity contribution in [3.05, 3.63) is 63.9 Å². The summed E-state index contributed by atoms with van der Waals surface area (Å²) in [6, 6.07) is 13.7. The fourth-order valence-electron chi connectivity index (χ4n) is 4.09. The molecule has 0 bridgehead atoms. The Hall–Kier alpha value is -2.99. The van der Waals surface area contributed by atoms with E-state index in [9.17, 15) is 9.59 Å². The van der Waals surface area contributed by atoms with E-state index in [1.54, 1.807) is 7.05 Å². The van der Waals surface area contributed by atoms with Gasteiger partial charge in [-0.15, -0.1) is 0 Å². The monoisotopic (exact) mass is 404 g/mol. The molecule has 156 valence electrons. The van der Waals surface area contributed by atoms with Gasteiger partial charge in [0.25, 0.3) is 5.56 Å². The van der Waals surface area contributed by atoms with Crippen LogP contribution in [0.1, 0.15) is 30.4 Å². The van der Waals surface area contributed by atoms with E-state index in [0.717, 1.165) is 40.9 Å². The molecular formula is C24H28N4O2. The van der Waals surface area contributed by atoms with Crippen LogP contribution in [0.25, 0.3) is 22.0 Å². The van der Waals surface area contributed by atoms with Crippen molar-refractivity contribution in [1.82, 2.24) is 20.0 Å². The van der Waals surface area contributed by atoms with Gasteiger partial charge in [0, 0.05) is 24.5 Å². The van der Waals surface area contributed by atoms with Gasteiger partial charge in [-0.25, -0.2) is 4.68 Å². The van der Waals surface area contributed by atoms with Crippen molar-refractivity contribution in [2.75, 3.05) is 19.6 Å². The van der Waals surface area contributed by atoms with Crippen molar-refractivity contribution in [3.63, 3.8) is 0 Å². The molecule has 2 heterocycles. The summed E-state index contributed by atoms with van der Waals surface area (Å²) >= 11 is 0. The fraction of sp³-hybridized carbons (Fsp3) is 0.375. The second-order valence-electron chi connectivity index (χ2n) is 8.08. The number of nitrogens with one attached hydrogen (secondary N) is 1. The number of hydrogen-bond donors (Lipinski definition) is 1. The van der Waals surface area contributed by atoms with Crippen molar-refractivity contribution in [3.8, 4) is 11.3 Å². The van der Waals surface area contributed by atoms with Gasteiger partial charge in [-0.2, -0.15) is 5.10 Å². The molecule has 0 unspecified atom stereocenters. The number of rotatable bonds is 5. The molecule has 30 heavy (non-hydrogen) atoms. The quantitative estimate of drug-likeness (QED) is 0.710. The van der Waals surface area contributed by atoms with Crippen LogP contribution in [0.4, 0.5) is 0 Å². The predicted octanol–water partition coefficient (Wildman–Crippen LogP) is 3.01. The van der Waals surface area contributed by atoms with Crippen LogP contribution in [0.15, 0.2) is 47.3 Å². The van der Waals surface area contributed by atoms with Crippen molar-refractivity contribution in [2.24, 2.45) is 7.05 Å². The van der Waals surface area contributed by atoms with E-state index in [4.69, 9.17) is 0 Å². The predicted molar refractivity (Wildman–Crippen MR) is 119 cm³/mol. The van der Waals surface area contributed by atoms with Gasteiger partial charge >= 0.3 is 0 Å². The topological polar surface area (TPSA) is 67.2 Å². The number of aromatic nitrogens is 2. The molecule has 3 aromatic rings. The van der Waals surface area contributed by atoms with Gasteiger partial charge in [0.05, 0.1) is 17.6 Å². The van der Waals surface area contributed by atoms with Gasteiger partial charge in [-0.1, -0.05) is 36.8 Å². The third-order valence-electron chi connectivity index (χ3n) is 5.87. The molecule has 0 spiro atoms. The third kappa shape index (κ3) is 4.28. The van der Waals surface area contributed by atoms with E-state index in [2.05, 4.69) is 21.4 Å². The third-order valence-corrected chi connectivity index (χ3v) is 5.87. The molecule has 1 saturated heterocycles. The average molecular weight is 405 g/mol. The lowest BCUT2D eigenvalue weighted by Crippen LogP contribution is -2.39. The number of benzene rings is 2. The Morgan fingerprint density at radius 3 is 2.57 bits per heavy atom. The largest absolute Gasteiger partial charge is 0.351 e. The highest BCUT2D eigenvalue weighted by atomic mass is 16.2. The summed E-state index contributed by atoms with van der Waals surface area (Å²) in [5, 5.41) is 9.08. The van der Waals surface area contributed by atoms with Crippen LogP contribution in [0.2, 0.25) is 0 Å². The van der Waals surface area contributed by atoms with Crippen LogP contribution in [-0.4, -0.2) is 40.2 Å². The van der Waals surface area contributed by atoms with E-state index in [0.29, 0.717) is 18.5 Å². The molecule has 1 aliphatic heterocycles. The Bertz CT molecular complexity index is 1130. The lowest BCUT2D eigenvalue weighted by molar-refractivity contribution is -0.122.